The third-order valence-electron chi connectivity index (χ3n) is 3.79. The number of halogens is 1. The van der Waals surface area contributed by atoms with Gasteiger partial charge in [0, 0.05) is 17.9 Å². The molecule has 28 heavy (non-hydrogen) atoms. The Bertz CT molecular complexity index is 1080. The van der Waals surface area contributed by atoms with Crippen LogP contribution in [0.1, 0.15) is 23.0 Å². The van der Waals surface area contributed by atoms with Gasteiger partial charge in [0.05, 0.1) is 11.4 Å². The second-order valence-electron chi connectivity index (χ2n) is 5.75. The zero-order valence-electron chi connectivity index (χ0n) is 14.8. The summed E-state index contributed by atoms with van der Waals surface area (Å²) >= 11 is 1.22. The van der Waals surface area contributed by atoms with Crippen molar-refractivity contribution in [3.8, 4) is 6.07 Å². The molecule has 3 rings (SSSR count). The van der Waals surface area contributed by atoms with Gasteiger partial charge in [-0.05, 0) is 42.5 Å². The van der Waals surface area contributed by atoms with E-state index >= 15 is 0 Å². The number of amides is 1. The molecule has 0 spiro atoms. The molecule has 0 saturated heterocycles. The highest BCUT2D eigenvalue weighted by molar-refractivity contribution is 7.14. The summed E-state index contributed by atoms with van der Waals surface area (Å²) < 4.78 is 13.0. The first kappa shape index (κ1) is 19.1. The second kappa shape index (κ2) is 8.37. The summed E-state index contributed by atoms with van der Waals surface area (Å²) in [6.07, 6.45) is 1.36. The molecule has 1 aromatic heterocycles. The van der Waals surface area contributed by atoms with Crippen molar-refractivity contribution in [1.29, 1.82) is 5.26 Å². The van der Waals surface area contributed by atoms with Gasteiger partial charge in [-0.1, -0.05) is 18.2 Å². The van der Waals surface area contributed by atoms with Crippen molar-refractivity contribution in [1.82, 2.24) is 4.98 Å². The fourth-order valence-electron chi connectivity index (χ4n) is 2.50. The lowest BCUT2D eigenvalue weighted by atomic mass is 10.0. The molecule has 3 aromatic rings. The Kier molecular flexibility index (Phi) is 5.72. The van der Waals surface area contributed by atoms with Crippen molar-refractivity contribution in [2.24, 2.45) is 0 Å². The van der Waals surface area contributed by atoms with Crippen LogP contribution in [0.5, 0.6) is 0 Å². The molecule has 1 amide bonds. The first-order valence-corrected chi connectivity index (χ1v) is 9.11. The fourth-order valence-corrected chi connectivity index (χ4v) is 3.35. The van der Waals surface area contributed by atoms with E-state index in [9.17, 15) is 19.2 Å². The Morgan fingerprint density at radius 1 is 1.14 bits per heavy atom. The summed E-state index contributed by atoms with van der Waals surface area (Å²) in [5, 5.41) is 11.4. The van der Waals surface area contributed by atoms with Gasteiger partial charge in [0.2, 0.25) is 11.7 Å². The molecule has 0 unspecified atom stereocenters. The number of nitriles is 1. The zero-order chi connectivity index (χ0) is 20.1. The topological polar surface area (TPSA) is 74.1 Å². The Labute approximate surface area is 165 Å². The molecule has 0 N–H and O–H groups in total. The van der Waals surface area contributed by atoms with Crippen LogP contribution < -0.4 is 4.90 Å². The van der Waals surface area contributed by atoms with Gasteiger partial charge in [-0.25, -0.2) is 9.37 Å². The minimum absolute atomic E-state index is 0.127. The van der Waals surface area contributed by atoms with E-state index in [1.54, 1.807) is 17.5 Å². The largest absolute Gasteiger partial charge is 0.288 e. The van der Waals surface area contributed by atoms with E-state index in [4.69, 9.17) is 0 Å². The number of para-hydroxylation sites is 1. The predicted octanol–water partition coefficient (Wildman–Crippen LogP) is 4.76. The third kappa shape index (κ3) is 4.19. The molecule has 138 valence electrons. The van der Waals surface area contributed by atoms with Crippen molar-refractivity contribution in [3.05, 3.63) is 82.6 Å². The van der Waals surface area contributed by atoms with Crippen LogP contribution in [0.3, 0.4) is 0 Å². The third-order valence-corrected chi connectivity index (χ3v) is 4.64. The number of rotatable bonds is 5. The molecule has 1 heterocycles. The molecular weight excluding hydrogens is 377 g/mol. The molecule has 2 aromatic carbocycles. The first-order valence-electron chi connectivity index (χ1n) is 8.23. The van der Waals surface area contributed by atoms with Gasteiger partial charge in [-0.15, -0.1) is 11.3 Å². The van der Waals surface area contributed by atoms with Crippen molar-refractivity contribution in [3.63, 3.8) is 0 Å². The number of carbonyl (C=O) groups excluding carboxylic acids is 2. The Hall–Kier alpha value is -3.63. The number of carbonyl (C=O) groups is 2. The lowest BCUT2D eigenvalue weighted by Crippen LogP contribution is -2.22. The molecule has 0 fully saturated rings. The monoisotopic (exact) mass is 391 g/mol. The number of Topliss-reactive ketones (excluding diaryl/α,β-unsaturated/α-hetero) is 1. The first-order chi connectivity index (χ1) is 13.5. The number of anilines is 2. The molecule has 0 bridgehead atoms. The Morgan fingerprint density at radius 3 is 2.43 bits per heavy atom. The lowest BCUT2D eigenvalue weighted by Gasteiger charge is -2.17. The summed E-state index contributed by atoms with van der Waals surface area (Å²) in [5.41, 5.74) is 1.13. The normalized spacial score (nSPS) is 11.0. The van der Waals surface area contributed by atoms with Crippen LogP contribution in [0.15, 0.2) is 65.6 Å². The number of thiazole rings is 1. The van der Waals surface area contributed by atoms with E-state index in [1.807, 2.05) is 24.3 Å². The standard InChI is InChI=1S/C21H14FN3O2S/c1-14(26)25(19-5-3-2-4-6-19)21-24-18(13-28-21)11-16(12-23)20(27)15-7-9-17(22)10-8-15/h2-11,13H,1H3/b16-11+. The summed E-state index contributed by atoms with van der Waals surface area (Å²) in [6, 6.07) is 15.9. The van der Waals surface area contributed by atoms with E-state index in [-0.39, 0.29) is 17.0 Å². The van der Waals surface area contributed by atoms with Crippen LogP contribution in [0.4, 0.5) is 15.2 Å². The molecule has 7 heteroatoms. The zero-order valence-corrected chi connectivity index (χ0v) is 15.6. The molecule has 0 saturated carbocycles. The molecule has 0 radical (unpaired) electrons. The summed E-state index contributed by atoms with van der Waals surface area (Å²) in [6.45, 7) is 1.43. The minimum Gasteiger partial charge on any atom is -0.288 e. The number of hydrogen-bond acceptors (Lipinski definition) is 5. The quantitative estimate of drug-likeness (QED) is 0.357. The Morgan fingerprint density at radius 2 is 1.82 bits per heavy atom. The average molecular weight is 391 g/mol. The number of hydrogen-bond donors (Lipinski definition) is 0. The van der Waals surface area contributed by atoms with Gasteiger partial charge in [0.25, 0.3) is 0 Å². The van der Waals surface area contributed by atoms with E-state index in [2.05, 4.69) is 4.98 Å². The molecule has 0 aliphatic heterocycles. The highest BCUT2D eigenvalue weighted by Gasteiger charge is 2.18. The Balaban J connectivity index is 1.91. The van der Waals surface area contributed by atoms with Crippen LogP contribution >= 0.6 is 11.3 Å². The molecule has 0 aliphatic carbocycles. The van der Waals surface area contributed by atoms with Crippen molar-refractivity contribution < 1.29 is 14.0 Å². The van der Waals surface area contributed by atoms with Gasteiger partial charge >= 0.3 is 0 Å². The number of aromatic nitrogens is 1. The van der Waals surface area contributed by atoms with Crippen LogP contribution in [0.25, 0.3) is 6.08 Å². The van der Waals surface area contributed by atoms with Crippen molar-refractivity contribution >= 4 is 39.9 Å². The van der Waals surface area contributed by atoms with E-state index < -0.39 is 11.6 Å². The van der Waals surface area contributed by atoms with Crippen molar-refractivity contribution in [2.75, 3.05) is 4.90 Å². The number of allylic oxidation sites excluding steroid dienone is 1. The summed E-state index contributed by atoms with van der Waals surface area (Å²) in [4.78, 5) is 30.4. The number of nitrogens with zero attached hydrogens (tertiary/aromatic N) is 3. The van der Waals surface area contributed by atoms with Crippen LogP contribution in [-0.4, -0.2) is 16.7 Å². The van der Waals surface area contributed by atoms with Gasteiger partial charge in [-0.2, -0.15) is 5.26 Å². The molecule has 0 atom stereocenters. The van der Waals surface area contributed by atoms with E-state index in [0.717, 1.165) is 12.1 Å². The predicted molar refractivity (Wildman–Crippen MR) is 106 cm³/mol. The SMILES string of the molecule is CC(=O)N(c1ccccc1)c1nc(/C=C(\C#N)C(=O)c2ccc(F)cc2)cs1. The average Bonchev–Trinajstić information content (AvgIpc) is 3.15. The van der Waals surface area contributed by atoms with E-state index in [0.29, 0.717) is 16.5 Å². The van der Waals surface area contributed by atoms with Gasteiger partial charge in [0.1, 0.15) is 17.5 Å². The highest BCUT2D eigenvalue weighted by atomic mass is 32.1. The van der Waals surface area contributed by atoms with Crippen LogP contribution in [0, 0.1) is 17.1 Å². The van der Waals surface area contributed by atoms with E-state index in [1.165, 1.54) is 41.4 Å². The lowest BCUT2D eigenvalue weighted by molar-refractivity contribution is -0.115. The van der Waals surface area contributed by atoms with Gasteiger partial charge in [0.15, 0.2) is 5.13 Å². The number of benzene rings is 2. The molecular formula is C21H14FN3O2S. The fraction of sp³-hybridized carbons (Fsp3) is 0.0476. The molecule has 5 nitrogen and oxygen atoms in total. The van der Waals surface area contributed by atoms with Crippen molar-refractivity contribution in [2.45, 2.75) is 6.92 Å². The molecule has 0 aliphatic rings. The highest BCUT2D eigenvalue weighted by Crippen LogP contribution is 2.29. The van der Waals surface area contributed by atoms with Gasteiger partial charge < -0.3 is 0 Å². The second-order valence-corrected chi connectivity index (χ2v) is 6.59. The maximum Gasteiger partial charge on any atom is 0.230 e. The van der Waals surface area contributed by atoms with Crippen LogP contribution in [0.2, 0.25) is 0 Å². The van der Waals surface area contributed by atoms with Gasteiger partial charge in [-0.3, -0.25) is 14.5 Å². The minimum atomic E-state index is -0.525. The maximum absolute atomic E-state index is 13.0. The van der Waals surface area contributed by atoms with Crippen LogP contribution in [-0.2, 0) is 4.79 Å². The summed E-state index contributed by atoms with van der Waals surface area (Å²) in [5.74, 6) is -1.20. The maximum atomic E-state index is 13.0. The smallest absolute Gasteiger partial charge is 0.230 e. The number of ketones is 1. The summed E-state index contributed by atoms with van der Waals surface area (Å²) in [7, 11) is 0.